The zero-order valence-electron chi connectivity index (χ0n) is 14.9. The monoisotopic (exact) mass is 401 g/mol. The maximum atomic E-state index is 12.9. The van der Waals surface area contributed by atoms with Crippen molar-refractivity contribution < 1.29 is 17.9 Å². The predicted molar refractivity (Wildman–Crippen MR) is 105 cm³/mol. The van der Waals surface area contributed by atoms with Crippen molar-refractivity contribution in [3.05, 3.63) is 87.6 Å². The highest BCUT2D eigenvalue weighted by molar-refractivity contribution is 7.89. The molecule has 0 spiro atoms. The van der Waals surface area contributed by atoms with E-state index in [2.05, 4.69) is 9.46 Å². The van der Waals surface area contributed by atoms with Gasteiger partial charge in [0.25, 0.3) is 0 Å². The number of carbonyl (C=O) groups excluding carboxylic acids is 1. The lowest BCUT2D eigenvalue weighted by atomic mass is 10.0. The Morgan fingerprint density at radius 2 is 1.70 bits per heavy atom. The second-order valence-corrected chi connectivity index (χ2v) is 8.69. The molecule has 27 heavy (non-hydrogen) atoms. The second kappa shape index (κ2) is 8.04. The zero-order valence-corrected chi connectivity index (χ0v) is 16.5. The molecule has 3 rings (SSSR count). The summed E-state index contributed by atoms with van der Waals surface area (Å²) >= 11 is 1.49. The highest BCUT2D eigenvalue weighted by atomic mass is 32.2. The van der Waals surface area contributed by atoms with Gasteiger partial charge in [-0.3, -0.25) is 0 Å². The Morgan fingerprint density at radius 1 is 1.04 bits per heavy atom. The molecule has 3 aromatic rings. The number of methoxy groups -OCH3 is 1. The van der Waals surface area contributed by atoms with Gasteiger partial charge in [0.15, 0.2) is 0 Å². The quantitative estimate of drug-likeness (QED) is 0.636. The third-order valence-electron chi connectivity index (χ3n) is 4.10. The van der Waals surface area contributed by atoms with Gasteiger partial charge in [-0.1, -0.05) is 35.9 Å². The van der Waals surface area contributed by atoms with Crippen LogP contribution in [0.3, 0.4) is 0 Å². The molecule has 1 heterocycles. The van der Waals surface area contributed by atoms with Crippen molar-refractivity contribution in [2.75, 3.05) is 7.11 Å². The van der Waals surface area contributed by atoms with Crippen molar-refractivity contribution in [2.45, 2.75) is 17.9 Å². The van der Waals surface area contributed by atoms with Crippen molar-refractivity contribution in [1.29, 1.82) is 0 Å². The van der Waals surface area contributed by atoms with Gasteiger partial charge in [0.05, 0.1) is 23.6 Å². The van der Waals surface area contributed by atoms with Gasteiger partial charge < -0.3 is 4.74 Å². The molecule has 140 valence electrons. The lowest BCUT2D eigenvalue weighted by molar-refractivity contribution is 0.0600. The lowest BCUT2D eigenvalue weighted by Gasteiger charge is -2.18. The van der Waals surface area contributed by atoms with Crippen molar-refractivity contribution in [3.63, 3.8) is 0 Å². The molecule has 0 saturated carbocycles. The molecular formula is C20H19NO4S2. The third-order valence-corrected chi connectivity index (χ3v) is 6.47. The molecule has 1 atom stereocenters. The number of hydrogen-bond donors (Lipinski definition) is 1. The molecule has 1 N–H and O–H groups in total. The second-order valence-electron chi connectivity index (χ2n) is 6.00. The summed E-state index contributed by atoms with van der Waals surface area (Å²) in [7, 11) is -2.51. The molecule has 5 nitrogen and oxygen atoms in total. The largest absolute Gasteiger partial charge is 0.465 e. The van der Waals surface area contributed by atoms with Crippen molar-refractivity contribution in [1.82, 2.24) is 4.72 Å². The molecule has 0 bridgehead atoms. The first kappa shape index (κ1) is 19.3. The van der Waals surface area contributed by atoms with E-state index in [0.29, 0.717) is 5.56 Å². The van der Waals surface area contributed by atoms with E-state index in [4.69, 9.17) is 0 Å². The summed E-state index contributed by atoms with van der Waals surface area (Å²) in [5.41, 5.74) is 2.26. The van der Waals surface area contributed by atoms with Crippen LogP contribution in [0, 0.1) is 6.92 Å². The van der Waals surface area contributed by atoms with E-state index in [-0.39, 0.29) is 4.90 Å². The van der Waals surface area contributed by atoms with Crippen LogP contribution >= 0.6 is 11.3 Å². The van der Waals surface area contributed by atoms with Crippen molar-refractivity contribution >= 4 is 27.3 Å². The van der Waals surface area contributed by atoms with Crippen molar-refractivity contribution in [2.24, 2.45) is 0 Å². The van der Waals surface area contributed by atoms with Crippen LogP contribution in [0.5, 0.6) is 0 Å². The van der Waals surface area contributed by atoms with E-state index in [1.165, 1.54) is 42.7 Å². The third kappa shape index (κ3) is 4.44. The Labute approximate surface area is 162 Å². The summed E-state index contributed by atoms with van der Waals surface area (Å²) in [5.74, 6) is -0.511. The molecular weight excluding hydrogens is 382 g/mol. The Hall–Kier alpha value is -2.48. The molecule has 0 aliphatic carbocycles. The number of rotatable bonds is 6. The van der Waals surface area contributed by atoms with Crippen LogP contribution in [0.2, 0.25) is 0 Å². The molecule has 7 heteroatoms. The minimum absolute atomic E-state index is 0.0869. The molecule has 0 unspecified atom stereocenters. The standard InChI is InChI=1S/C20H19NO4S2/c1-14-5-7-15(8-6-14)19(18-4-3-13-26-18)21-27(23,24)17-11-9-16(10-12-17)20(22)25-2/h3-13,19,21H,1-2H3/t19-/m0/s1. The Balaban J connectivity index is 1.92. The molecule has 0 amide bonds. The minimum Gasteiger partial charge on any atom is -0.465 e. The number of sulfonamides is 1. The number of thiophene rings is 1. The first-order valence-electron chi connectivity index (χ1n) is 8.21. The topological polar surface area (TPSA) is 72.5 Å². The fourth-order valence-electron chi connectivity index (χ4n) is 2.62. The first-order chi connectivity index (χ1) is 12.9. The van der Waals surface area contributed by atoms with E-state index >= 15 is 0 Å². The number of esters is 1. The summed E-state index contributed by atoms with van der Waals surface area (Å²) in [6.45, 7) is 1.98. The first-order valence-corrected chi connectivity index (χ1v) is 10.6. The molecule has 1 aromatic heterocycles. The molecule has 0 aliphatic heterocycles. The van der Waals surface area contributed by atoms with Gasteiger partial charge in [-0.15, -0.1) is 11.3 Å². The molecule has 0 saturated heterocycles. The molecule has 0 fully saturated rings. The normalized spacial score (nSPS) is 12.5. The predicted octanol–water partition coefficient (Wildman–Crippen LogP) is 3.91. The minimum atomic E-state index is -3.79. The van der Waals surface area contributed by atoms with Crippen molar-refractivity contribution in [3.8, 4) is 0 Å². The summed E-state index contributed by atoms with van der Waals surface area (Å²) in [6.07, 6.45) is 0. The lowest BCUT2D eigenvalue weighted by Crippen LogP contribution is -2.29. The van der Waals surface area contributed by atoms with Crippen LogP contribution in [-0.2, 0) is 14.8 Å². The van der Waals surface area contributed by atoms with Gasteiger partial charge in [-0.25, -0.2) is 13.2 Å². The van der Waals surface area contributed by atoms with Gasteiger partial charge in [0.1, 0.15) is 0 Å². The number of aryl methyl sites for hydroxylation is 1. The molecule has 2 aromatic carbocycles. The molecule has 0 radical (unpaired) electrons. The summed E-state index contributed by atoms with van der Waals surface area (Å²) in [5, 5.41) is 1.91. The van der Waals surface area contributed by atoms with E-state index in [1.807, 2.05) is 48.7 Å². The number of hydrogen-bond acceptors (Lipinski definition) is 5. The Bertz CT molecular complexity index is 1010. The van der Waals surface area contributed by atoms with E-state index in [9.17, 15) is 13.2 Å². The number of benzene rings is 2. The van der Waals surface area contributed by atoms with Crippen LogP contribution in [0.15, 0.2) is 70.9 Å². The van der Waals surface area contributed by atoms with Gasteiger partial charge in [-0.2, -0.15) is 4.72 Å². The summed E-state index contributed by atoms with van der Waals surface area (Å²) in [4.78, 5) is 12.5. The molecule has 0 aliphatic rings. The van der Waals surface area contributed by atoms with E-state index < -0.39 is 22.0 Å². The van der Waals surface area contributed by atoms with Crippen LogP contribution in [0.1, 0.15) is 32.4 Å². The SMILES string of the molecule is COC(=O)c1ccc(S(=O)(=O)N[C@@H](c2ccc(C)cc2)c2cccs2)cc1. The summed E-state index contributed by atoms with van der Waals surface area (Å²) in [6, 6.07) is 16.7. The maximum absolute atomic E-state index is 12.9. The Morgan fingerprint density at radius 3 is 2.26 bits per heavy atom. The van der Waals surface area contributed by atoms with E-state index in [0.717, 1.165) is 16.0 Å². The van der Waals surface area contributed by atoms with Gasteiger partial charge >= 0.3 is 5.97 Å². The maximum Gasteiger partial charge on any atom is 0.337 e. The number of carbonyl (C=O) groups is 1. The fourth-order valence-corrected chi connectivity index (χ4v) is 4.70. The smallest absolute Gasteiger partial charge is 0.337 e. The van der Waals surface area contributed by atoms with Crippen LogP contribution in [0.25, 0.3) is 0 Å². The zero-order chi connectivity index (χ0) is 19.4. The van der Waals surface area contributed by atoms with Crippen LogP contribution in [-0.4, -0.2) is 21.5 Å². The highest BCUT2D eigenvalue weighted by Crippen LogP contribution is 2.28. The Kier molecular flexibility index (Phi) is 5.74. The average molecular weight is 402 g/mol. The highest BCUT2D eigenvalue weighted by Gasteiger charge is 2.24. The van der Waals surface area contributed by atoms with E-state index in [1.54, 1.807) is 0 Å². The number of nitrogens with one attached hydrogen (secondary N) is 1. The van der Waals surface area contributed by atoms with Gasteiger partial charge in [0.2, 0.25) is 10.0 Å². The van der Waals surface area contributed by atoms with Crippen LogP contribution in [0.4, 0.5) is 0 Å². The average Bonchev–Trinajstić information content (AvgIpc) is 3.21. The van der Waals surface area contributed by atoms with Crippen LogP contribution < -0.4 is 4.72 Å². The van der Waals surface area contributed by atoms with Gasteiger partial charge in [0, 0.05) is 4.88 Å². The fraction of sp³-hybridized carbons (Fsp3) is 0.150. The summed E-state index contributed by atoms with van der Waals surface area (Å²) < 4.78 is 33.2. The van der Waals surface area contributed by atoms with Gasteiger partial charge in [-0.05, 0) is 48.2 Å². The number of ether oxygens (including phenoxy) is 1.